The summed E-state index contributed by atoms with van der Waals surface area (Å²) in [5.74, 6) is 0.287. The molecule has 0 radical (unpaired) electrons. The van der Waals surface area contributed by atoms with E-state index in [4.69, 9.17) is 5.10 Å². The number of nitrogens with zero attached hydrogens (tertiary/aromatic N) is 3. The van der Waals surface area contributed by atoms with Crippen molar-refractivity contribution in [2.24, 2.45) is 0 Å². The predicted molar refractivity (Wildman–Crippen MR) is 101 cm³/mol. The van der Waals surface area contributed by atoms with Crippen molar-refractivity contribution in [2.75, 3.05) is 32.5 Å². The maximum Gasteiger partial charge on any atom is 0.321 e. The van der Waals surface area contributed by atoms with Crippen LogP contribution in [-0.2, 0) is 0 Å². The van der Waals surface area contributed by atoms with Gasteiger partial charge in [-0.2, -0.15) is 5.10 Å². The molecule has 0 saturated carbocycles. The summed E-state index contributed by atoms with van der Waals surface area (Å²) in [5, 5.41) is 11.7. The SMILES string of the molecule is CN(C)C(=O)Nc1cccc2nn3c(C4CCNCC4)cc(=O)[nH]c3c12. The summed E-state index contributed by atoms with van der Waals surface area (Å²) in [4.78, 5) is 28.8. The third-order valence-electron chi connectivity index (χ3n) is 4.87. The van der Waals surface area contributed by atoms with E-state index in [0.29, 0.717) is 11.3 Å². The Balaban J connectivity index is 1.92. The molecule has 3 heterocycles. The minimum atomic E-state index is -0.228. The molecule has 8 heteroatoms. The van der Waals surface area contributed by atoms with Crippen molar-refractivity contribution in [1.29, 1.82) is 0 Å². The van der Waals surface area contributed by atoms with E-state index >= 15 is 0 Å². The van der Waals surface area contributed by atoms with Crippen molar-refractivity contribution in [3.8, 4) is 0 Å². The van der Waals surface area contributed by atoms with Crippen LogP contribution in [0.1, 0.15) is 24.5 Å². The minimum absolute atomic E-state index is 0.151. The number of fused-ring (bicyclic) bond motifs is 3. The van der Waals surface area contributed by atoms with E-state index < -0.39 is 0 Å². The number of amides is 2. The largest absolute Gasteiger partial charge is 0.331 e. The fraction of sp³-hybridized carbons (Fsp3) is 0.389. The number of hydrogen-bond acceptors (Lipinski definition) is 4. The topological polar surface area (TPSA) is 94.5 Å². The first-order valence-electron chi connectivity index (χ1n) is 8.78. The van der Waals surface area contributed by atoms with Gasteiger partial charge in [0.2, 0.25) is 0 Å². The van der Waals surface area contributed by atoms with E-state index in [2.05, 4.69) is 15.6 Å². The second kappa shape index (κ2) is 6.45. The molecular formula is C18H22N6O2. The summed E-state index contributed by atoms with van der Waals surface area (Å²) >= 11 is 0. The van der Waals surface area contributed by atoms with Gasteiger partial charge in [0, 0.05) is 26.1 Å². The van der Waals surface area contributed by atoms with Crippen molar-refractivity contribution in [3.05, 3.63) is 40.3 Å². The normalized spacial score (nSPS) is 15.5. The first-order chi connectivity index (χ1) is 12.5. The summed E-state index contributed by atoms with van der Waals surface area (Å²) in [6.45, 7) is 1.87. The fourth-order valence-corrected chi connectivity index (χ4v) is 3.53. The van der Waals surface area contributed by atoms with Gasteiger partial charge in [-0.05, 0) is 38.1 Å². The number of rotatable bonds is 2. The van der Waals surface area contributed by atoms with Gasteiger partial charge in [-0.1, -0.05) is 6.07 Å². The van der Waals surface area contributed by atoms with E-state index in [1.165, 1.54) is 4.90 Å². The van der Waals surface area contributed by atoms with Crippen LogP contribution < -0.4 is 16.2 Å². The third-order valence-corrected chi connectivity index (χ3v) is 4.87. The highest BCUT2D eigenvalue weighted by Crippen LogP contribution is 2.30. The Kier molecular flexibility index (Phi) is 4.12. The van der Waals surface area contributed by atoms with Gasteiger partial charge in [-0.15, -0.1) is 0 Å². The lowest BCUT2D eigenvalue weighted by molar-refractivity contribution is 0.231. The van der Waals surface area contributed by atoms with Gasteiger partial charge in [-0.25, -0.2) is 9.31 Å². The fourth-order valence-electron chi connectivity index (χ4n) is 3.53. The van der Waals surface area contributed by atoms with Crippen LogP contribution in [0.5, 0.6) is 0 Å². The van der Waals surface area contributed by atoms with Gasteiger partial charge >= 0.3 is 6.03 Å². The van der Waals surface area contributed by atoms with Gasteiger partial charge < -0.3 is 20.5 Å². The highest BCUT2D eigenvalue weighted by molar-refractivity contribution is 6.06. The van der Waals surface area contributed by atoms with E-state index in [9.17, 15) is 9.59 Å². The Labute approximate surface area is 150 Å². The van der Waals surface area contributed by atoms with E-state index in [1.807, 2.05) is 22.7 Å². The monoisotopic (exact) mass is 354 g/mol. The van der Waals surface area contributed by atoms with E-state index in [1.54, 1.807) is 20.2 Å². The number of carbonyl (C=O) groups is 1. The number of piperidine rings is 1. The summed E-state index contributed by atoms with van der Waals surface area (Å²) < 4.78 is 1.83. The standard InChI is InChI=1S/C18H22N6O2/c1-23(2)18(26)20-12-4-3-5-13-16(12)17-21-15(25)10-14(24(17)22-13)11-6-8-19-9-7-11/h3-5,10-11,19H,6-9H2,1-2H3,(H,20,26)(H,21,25). The zero-order chi connectivity index (χ0) is 18.3. The number of aromatic amines is 1. The van der Waals surface area contributed by atoms with Crippen LogP contribution >= 0.6 is 0 Å². The van der Waals surface area contributed by atoms with Crippen molar-refractivity contribution in [1.82, 2.24) is 24.8 Å². The molecule has 0 aliphatic carbocycles. The number of urea groups is 1. The summed E-state index contributed by atoms with van der Waals surface area (Å²) in [7, 11) is 3.37. The van der Waals surface area contributed by atoms with Crippen LogP contribution in [0.4, 0.5) is 10.5 Å². The molecule has 0 spiro atoms. The summed E-state index contributed by atoms with van der Waals surface area (Å²) in [6, 6.07) is 6.97. The van der Waals surface area contributed by atoms with Crippen molar-refractivity contribution in [3.63, 3.8) is 0 Å². The molecule has 3 aromatic rings. The van der Waals surface area contributed by atoms with E-state index in [-0.39, 0.29) is 17.5 Å². The molecule has 3 N–H and O–H groups in total. The highest BCUT2D eigenvalue weighted by Gasteiger charge is 2.21. The Morgan fingerprint density at radius 2 is 2.08 bits per heavy atom. The molecule has 4 rings (SSSR count). The minimum Gasteiger partial charge on any atom is -0.331 e. The number of aromatic nitrogens is 3. The van der Waals surface area contributed by atoms with E-state index in [0.717, 1.165) is 42.5 Å². The second-order valence-electron chi connectivity index (χ2n) is 6.87. The predicted octanol–water partition coefficient (Wildman–Crippen LogP) is 1.74. The zero-order valence-electron chi connectivity index (χ0n) is 14.9. The molecule has 0 atom stereocenters. The maximum atomic E-state index is 12.3. The maximum absolute atomic E-state index is 12.3. The van der Waals surface area contributed by atoms with Gasteiger partial charge in [0.05, 0.1) is 22.3 Å². The average Bonchev–Trinajstić information content (AvgIpc) is 3.01. The number of nitrogens with one attached hydrogen (secondary N) is 3. The number of carbonyl (C=O) groups excluding carboxylic acids is 1. The first kappa shape index (κ1) is 16.6. The molecule has 0 unspecified atom stereocenters. The number of benzene rings is 1. The van der Waals surface area contributed by atoms with Crippen molar-refractivity contribution >= 4 is 28.3 Å². The number of hydrogen-bond donors (Lipinski definition) is 3. The van der Waals surface area contributed by atoms with Gasteiger partial charge in [0.25, 0.3) is 5.56 Å². The smallest absolute Gasteiger partial charge is 0.321 e. The van der Waals surface area contributed by atoms with Crippen LogP contribution in [0.2, 0.25) is 0 Å². The molecule has 8 nitrogen and oxygen atoms in total. The quantitative estimate of drug-likeness (QED) is 0.653. The van der Waals surface area contributed by atoms with Gasteiger partial charge in [0.1, 0.15) is 5.65 Å². The Bertz CT molecular complexity index is 1030. The van der Waals surface area contributed by atoms with Crippen molar-refractivity contribution in [2.45, 2.75) is 18.8 Å². The van der Waals surface area contributed by atoms with Crippen LogP contribution in [-0.4, -0.2) is 52.7 Å². The molecule has 26 heavy (non-hydrogen) atoms. The molecular weight excluding hydrogens is 332 g/mol. The molecule has 136 valence electrons. The van der Waals surface area contributed by atoms with Gasteiger partial charge in [0.15, 0.2) is 0 Å². The van der Waals surface area contributed by atoms with Crippen LogP contribution in [0.15, 0.2) is 29.1 Å². The average molecular weight is 354 g/mol. The summed E-state index contributed by atoms with van der Waals surface area (Å²) in [5.41, 5.74) is 2.76. The lowest BCUT2D eigenvalue weighted by Crippen LogP contribution is -2.28. The molecule has 2 aromatic heterocycles. The van der Waals surface area contributed by atoms with Crippen LogP contribution in [0.25, 0.3) is 16.6 Å². The Morgan fingerprint density at radius 3 is 2.81 bits per heavy atom. The lowest BCUT2D eigenvalue weighted by Gasteiger charge is -2.23. The number of anilines is 1. The summed E-state index contributed by atoms with van der Waals surface area (Å²) in [6.07, 6.45) is 1.94. The molecule has 1 aliphatic heterocycles. The molecule has 0 bridgehead atoms. The van der Waals surface area contributed by atoms with Crippen molar-refractivity contribution < 1.29 is 4.79 Å². The third kappa shape index (κ3) is 2.82. The first-order valence-corrected chi connectivity index (χ1v) is 8.78. The number of H-pyrrole nitrogens is 1. The molecule has 1 fully saturated rings. The van der Waals surface area contributed by atoms with Crippen LogP contribution in [0, 0.1) is 0 Å². The van der Waals surface area contributed by atoms with Crippen LogP contribution in [0.3, 0.4) is 0 Å². The zero-order valence-corrected chi connectivity index (χ0v) is 14.9. The molecule has 2 amide bonds. The Morgan fingerprint density at radius 1 is 1.31 bits per heavy atom. The van der Waals surface area contributed by atoms with Gasteiger partial charge in [-0.3, -0.25) is 4.79 Å². The molecule has 1 aliphatic rings. The Hall–Kier alpha value is -2.87. The molecule has 1 aromatic carbocycles. The lowest BCUT2D eigenvalue weighted by atomic mass is 9.94. The highest BCUT2D eigenvalue weighted by atomic mass is 16.2. The molecule has 1 saturated heterocycles. The second-order valence-corrected chi connectivity index (χ2v) is 6.87.